The molecule has 0 radical (unpaired) electrons. The number of carbonyl (C=O) groups excluding carboxylic acids is 1. The van der Waals surface area contributed by atoms with E-state index >= 15 is 0 Å². The highest BCUT2D eigenvalue weighted by molar-refractivity contribution is 9.10. The van der Waals surface area contributed by atoms with Crippen LogP contribution in [0.3, 0.4) is 0 Å². The normalized spacial score (nSPS) is 42.1. The molecule has 0 N–H and O–H groups in total. The van der Waals surface area contributed by atoms with E-state index in [0.717, 1.165) is 48.3 Å². The molecule has 4 aliphatic rings. The van der Waals surface area contributed by atoms with Crippen LogP contribution in [0.1, 0.15) is 112 Å². The molecule has 3 saturated carbocycles. The van der Waals surface area contributed by atoms with Crippen LogP contribution in [0.15, 0.2) is 11.6 Å². The van der Waals surface area contributed by atoms with E-state index in [2.05, 4.69) is 56.6 Å². The van der Waals surface area contributed by atoms with Crippen molar-refractivity contribution in [3.05, 3.63) is 11.6 Å². The zero-order chi connectivity index (χ0) is 24.0. The third-order valence-electron chi connectivity index (χ3n) is 10.9. The van der Waals surface area contributed by atoms with Crippen LogP contribution < -0.4 is 0 Å². The molecule has 0 heterocycles. The van der Waals surface area contributed by atoms with Gasteiger partial charge in [-0.1, -0.05) is 81.5 Å². The summed E-state index contributed by atoms with van der Waals surface area (Å²) in [5.74, 6) is 5.14. The first-order valence-electron chi connectivity index (χ1n) is 14.1. The third kappa shape index (κ3) is 4.88. The van der Waals surface area contributed by atoms with E-state index in [1.54, 1.807) is 5.57 Å². The van der Waals surface area contributed by atoms with Gasteiger partial charge < -0.3 is 4.74 Å². The van der Waals surface area contributed by atoms with Gasteiger partial charge in [-0.25, -0.2) is 0 Å². The SMILES string of the molecule is CC(C)CCC[C@H](C)[C@@H]1CC[C@@H]2[C@H]3CC=C4C[C@@H](OC(=O)[C@H](C)Br)CC[C@]4(C)[C@@H]3CC[C@@]21C. The predicted molar refractivity (Wildman–Crippen MR) is 141 cm³/mol. The van der Waals surface area contributed by atoms with Crippen LogP contribution >= 0.6 is 15.9 Å². The summed E-state index contributed by atoms with van der Waals surface area (Å²) in [6.07, 6.45) is 17.1. The zero-order valence-electron chi connectivity index (χ0n) is 22.2. The quantitative estimate of drug-likeness (QED) is 0.190. The number of hydrogen-bond donors (Lipinski definition) is 0. The van der Waals surface area contributed by atoms with E-state index in [1.165, 1.54) is 57.8 Å². The number of fused-ring (bicyclic) bond motifs is 5. The fraction of sp³-hybridized carbons (Fsp3) is 0.900. The largest absolute Gasteiger partial charge is 0.461 e. The average Bonchev–Trinajstić information content (AvgIpc) is 3.11. The van der Waals surface area contributed by atoms with Crippen molar-refractivity contribution >= 4 is 21.9 Å². The molecule has 0 aliphatic heterocycles. The molecule has 3 heteroatoms. The number of esters is 1. The second kappa shape index (κ2) is 9.98. The molecule has 0 unspecified atom stereocenters. The Morgan fingerprint density at radius 3 is 2.52 bits per heavy atom. The van der Waals surface area contributed by atoms with Gasteiger partial charge in [-0.05, 0) is 98.2 Å². The highest BCUT2D eigenvalue weighted by atomic mass is 79.9. The number of halogens is 1. The van der Waals surface area contributed by atoms with E-state index < -0.39 is 0 Å². The van der Waals surface area contributed by atoms with Gasteiger partial charge in [-0.2, -0.15) is 0 Å². The van der Waals surface area contributed by atoms with Crippen molar-refractivity contribution in [3.63, 3.8) is 0 Å². The third-order valence-corrected chi connectivity index (χ3v) is 11.2. The first kappa shape index (κ1) is 25.8. The predicted octanol–water partition coefficient (Wildman–Crippen LogP) is 8.72. The molecule has 188 valence electrons. The van der Waals surface area contributed by atoms with Crippen LogP contribution in [-0.4, -0.2) is 16.9 Å². The summed E-state index contributed by atoms with van der Waals surface area (Å²) in [4.78, 5) is 11.9. The fourth-order valence-electron chi connectivity index (χ4n) is 9.01. The maximum atomic E-state index is 12.1. The number of carbonyl (C=O) groups is 1. The molecule has 0 aromatic rings. The van der Waals surface area contributed by atoms with Crippen LogP contribution in [-0.2, 0) is 9.53 Å². The lowest BCUT2D eigenvalue weighted by molar-refractivity contribution is -0.150. The minimum absolute atomic E-state index is 0.0739. The molecular formula is C30H49BrO2. The molecule has 0 aromatic heterocycles. The highest BCUT2D eigenvalue weighted by Crippen LogP contribution is 2.67. The van der Waals surface area contributed by atoms with Crippen LogP contribution in [0.4, 0.5) is 0 Å². The number of allylic oxidation sites excluding steroid dienone is 1. The summed E-state index contributed by atoms with van der Waals surface area (Å²) in [5.41, 5.74) is 2.49. The van der Waals surface area contributed by atoms with Gasteiger partial charge in [0, 0.05) is 6.42 Å². The van der Waals surface area contributed by atoms with Gasteiger partial charge in [0.1, 0.15) is 10.9 Å². The zero-order valence-corrected chi connectivity index (χ0v) is 23.8. The molecule has 0 saturated heterocycles. The summed E-state index contributed by atoms with van der Waals surface area (Å²) in [7, 11) is 0. The molecule has 4 rings (SSSR count). The van der Waals surface area contributed by atoms with Crippen molar-refractivity contribution in [1.29, 1.82) is 0 Å². The first-order chi connectivity index (χ1) is 15.6. The van der Waals surface area contributed by atoms with Crippen LogP contribution in [0.5, 0.6) is 0 Å². The topological polar surface area (TPSA) is 26.3 Å². The fourth-order valence-corrected chi connectivity index (χ4v) is 9.12. The molecule has 0 aromatic carbocycles. The van der Waals surface area contributed by atoms with E-state index in [9.17, 15) is 4.79 Å². The average molecular weight is 522 g/mol. The molecule has 9 atom stereocenters. The van der Waals surface area contributed by atoms with Gasteiger partial charge in [0.05, 0.1) is 0 Å². The lowest BCUT2D eigenvalue weighted by Gasteiger charge is -2.58. The van der Waals surface area contributed by atoms with Crippen LogP contribution in [0.2, 0.25) is 0 Å². The van der Waals surface area contributed by atoms with Gasteiger partial charge in [0.2, 0.25) is 0 Å². The Morgan fingerprint density at radius 2 is 1.82 bits per heavy atom. The molecule has 0 spiro atoms. The van der Waals surface area contributed by atoms with Crippen LogP contribution in [0.25, 0.3) is 0 Å². The Balaban J connectivity index is 1.45. The van der Waals surface area contributed by atoms with Gasteiger partial charge in [-0.15, -0.1) is 0 Å². The standard InChI is InChI=1S/C30H49BrO2/c1-19(2)8-7-9-20(3)25-12-13-26-24-11-10-22-18-23(33-28(32)21(4)31)14-16-29(22,5)27(24)15-17-30(25,26)6/h10,19-21,23-27H,7-9,11-18H2,1-6H3/t20-,21-,23-,24+,25-,26+,27+,29-,30+/m0/s1. The first-order valence-corrected chi connectivity index (χ1v) is 15.0. The Kier molecular flexibility index (Phi) is 7.79. The van der Waals surface area contributed by atoms with E-state index in [4.69, 9.17) is 4.74 Å². The molecule has 2 nitrogen and oxygen atoms in total. The summed E-state index contributed by atoms with van der Waals surface area (Å²) >= 11 is 3.37. The molecule has 33 heavy (non-hydrogen) atoms. The van der Waals surface area contributed by atoms with Crippen molar-refractivity contribution in [2.45, 2.75) is 123 Å². The highest BCUT2D eigenvalue weighted by Gasteiger charge is 2.59. The number of ether oxygens (including phenoxy) is 1. The van der Waals surface area contributed by atoms with Gasteiger partial charge in [0.15, 0.2) is 0 Å². The second-order valence-corrected chi connectivity index (χ2v) is 14.6. The van der Waals surface area contributed by atoms with Crippen LogP contribution in [0, 0.1) is 46.3 Å². The van der Waals surface area contributed by atoms with Crippen molar-refractivity contribution in [3.8, 4) is 0 Å². The summed E-state index contributed by atoms with van der Waals surface area (Å²) in [5, 5.41) is 0. The summed E-state index contributed by atoms with van der Waals surface area (Å²) < 4.78 is 5.83. The number of rotatable bonds is 7. The molecule has 0 bridgehead atoms. The Hall–Kier alpha value is -0.310. The monoisotopic (exact) mass is 520 g/mol. The maximum Gasteiger partial charge on any atom is 0.319 e. The van der Waals surface area contributed by atoms with Crippen molar-refractivity contribution < 1.29 is 9.53 Å². The van der Waals surface area contributed by atoms with E-state index in [1.807, 2.05) is 6.92 Å². The molecular weight excluding hydrogens is 472 g/mol. The smallest absolute Gasteiger partial charge is 0.319 e. The number of hydrogen-bond acceptors (Lipinski definition) is 2. The van der Waals surface area contributed by atoms with Gasteiger partial charge >= 0.3 is 5.97 Å². The minimum Gasteiger partial charge on any atom is -0.461 e. The Labute approximate surface area is 212 Å². The summed E-state index contributed by atoms with van der Waals surface area (Å²) in [6, 6.07) is 0. The van der Waals surface area contributed by atoms with Gasteiger partial charge in [0.25, 0.3) is 0 Å². The van der Waals surface area contributed by atoms with Gasteiger partial charge in [-0.3, -0.25) is 4.79 Å². The Bertz CT molecular complexity index is 742. The minimum atomic E-state index is -0.213. The summed E-state index contributed by atoms with van der Waals surface area (Å²) in [6.45, 7) is 14.4. The van der Waals surface area contributed by atoms with E-state index in [0.29, 0.717) is 10.8 Å². The molecule has 4 aliphatic carbocycles. The Morgan fingerprint density at radius 1 is 1.06 bits per heavy atom. The molecule has 3 fully saturated rings. The second-order valence-electron chi connectivity index (χ2n) is 13.2. The lowest BCUT2D eigenvalue weighted by Crippen LogP contribution is -2.51. The van der Waals surface area contributed by atoms with Crippen molar-refractivity contribution in [2.24, 2.45) is 46.3 Å². The molecule has 0 amide bonds. The maximum absolute atomic E-state index is 12.1. The number of alkyl halides is 1. The lowest BCUT2D eigenvalue weighted by atomic mass is 9.47. The van der Waals surface area contributed by atoms with Crippen molar-refractivity contribution in [2.75, 3.05) is 0 Å². The van der Waals surface area contributed by atoms with Crippen molar-refractivity contribution in [1.82, 2.24) is 0 Å². The van der Waals surface area contributed by atoms with E-state index in [-0.39, 0.29) is 16.9 Å².